The molecule has 128 valence electrons. The number of likely N-dealkylation sites (tertiary alicyclic amines) is 1. The van der Waals surface area contributed by atoms with E-state index in [0.29, 0.717) is 19.4 Å². The molecule has 6 heteroatoms. The Bertz CT molecular complexity index is 717. The second kappa shape index (κ2) is 6.34. The molecule has 1 aromatic rings. The molecule has 0 bridgehead atoms. The largest absolute Gasteiger partial charge is 0.351 e. The van der Waals surface area contributed by atoms with Gasteiger partial charge in [-0.15, -0.1) is 0 Å². The second-order valence-corrected chi connectivity index (χ2v) is 6.52. The normalized spacial score (nSPS) is 23.5. The predicted octanol–water partition coefficient (Wildman–Crippen LogP) is 3.00. The number of hydrogen-bond acceptors (Lipinski definition) is 2. The minimum absolute atomic E-state index is 0.0706. The summed E-state index contributed by atoms with van der Waals surface area (Å²) in [5.74, 6) is -1.96. The van der Waals surface area contributed by atoms with Crippen LogP contribution < -0.4 is 5.32 Å². The van der Waals surface area contributed by atoms with Gasteiger partial charge in [-0.05, 0) is 43.9 Å². The summed E-state index contributed by atoms with van der Waals surface area (Å²) < 4.78 is 27.0. The number of amides is 2. The molecule has 1 saturated heterocycles. The summed E-state index contributed by atoms with van der Waals surface area (Å²) in [6.07, 6.45) is 5.89. The Morgan fingerprint density at radius 1 is 1.33 bits per heavy atom. The molecule has 1 aromatic carbocycles. The van der Waals surface area contributed by atoms with Crippen LogP contribution in [0.1, 0.15) is 42.5 Å². The van der Waals surface area contributed by atoms with Gasteiger partial charge in [0, 0.05) is 31.1 Å². The number of allylic oxidation sites excluding steroid dienone is 1. The average Bonchev–Trinajstić information content (AvgIpc) is 2.59. The van der Waals surface area contributed by atoms with Crippen LogP contribution in [-0.2, 0) is 4.79 Å². The smallest absolute Gasteiger partial charge is 0.254 e. The highest BCUT2D eigenvalue weighted by atomic mass is 19.1. The number of carbonyl (C=O) groups excluding carboxylic acids is 2. The number of nitrogens with one attached hydrogen (secondary N) is 1. The van der Waals surface area contributed by atoms with Crippen molar-refractivity contribution in [2.75, 3.05) is 13.6 Å². The summed E-state index contributed by atoms with van der Waals surface area (Å²) in [4.78, 5) is 25.9. The van der Waals surface area contributed by atoms with Crippen molar-refractivity contribution in [3.8, 4) is 0 Å². The third kappa shape index (κ3) is 2.92. The highest BCUT2D eigenvalue weighted by Gasteiger charge is 2.43. The maximum Gasteiger partial charge on any atom is 0.254 e. The highest BCUT2D eigenvalue weighted by Crippen LogP contribution is 2.45. The minimum Gasteiger partial charge on any atom is -0.351 e. The zero-order valence-electron chi connectivity index (χ0n) is 13.6. The van der Waals surface area contributed by atoms with Gasteiger partial charge >= 0.3 is 0 Å². The van der Waals surface area contributed by atoms with Crippen LogP contribution in [0.5, 0.6) is 0 Å². The summed E-state index contributed by atoms with van der Waals surface area (Å²) in [6.45, 7) is 0.311. The van der Waals surface area contributed by atoms with Gasteiger partial charge in [0.1, 0.15) is 11.6 Å². The molecule has 1 N–H and O–H groups in total. The number of piperidine rings is 1. The first kappa shape index (κ1) is 16.6. The van der Waals surface area contributed by atoms with Crippen LogP contribution in [0.15, 0.2) is 30.0 Å². The predicted molar refractivity (Wildman–Crippen MR) is 85.1 cm³/mol. The number of halogens is 2. The summed E-state index contributed by atoms with van der Waals surface area (Å²) in [7, 11) is 1.75. The van der Waals surface area contributed by atoms with Gasteiger partial charge in [-0.3, -0.25) is 9.59 Å². The van der Waals surface area contributed by atoms with E-state index in [9.17, 15) is 18.4 Å². The topological polar surface area (TPSA) is 49.4 Å². The zero-order chi connectivity index (χ0) is 17.3. The molecule has 0 radical (unpaired) electrons. The number of fused-ring (bicyclic) bond motifs is 1. The van der Waals surface area contributed by atoms with E-state index >= 15 is 0 Å². The van der Waals surface area contributed by atoms with Crippen molar-refractivity contribution in [2.45, 2.75) is 32.1 Å². The number of rotatable bonds is 3. The fourth-order valence-electron chi connectivity index (χ4n) is 3.70. The second-order valence-electron chi connectivity index (χ2n) is 6.52. The molecule has 1 unspecified atom stereocenters. The Morgan fingerprint density at radius 2 is 2.12 bits per heavy atom. The van der Waals surface area contributed by atoms with Crippen LogP contribution in [0.4, 0.5) is 8.78 Å². The summed E-state index contributed by atoms with van der Waals surface area (Å²) in [6, 6.07) is 2.83. The van der Waals surface area contributed by atoms with Gasteiger partial charge in [0.25, 0.3) is 5.91 Å². The lowest BCUT2D eigenvalue weighted by molar-refractivity contribution is -0.132. The average molecular weight is 334 g/mol. The van der Waals surface area contributed by atoms with Gasteiger partial charge < -0.3 is 10.2 Å². The third-order valence-corrected chi connectivity index (χ3v) is 5.05. The molecule has 3 rings (SSSR count). The van der Waals surface area contributed by atoms with E-state index in [1.165, 1.54) is 0 Å². The molecule has 1 atom stereocenters. The van der Waals surface area contributed by atoms with E-state index in [4.69, 9.17) is 0 Å². The molecule has 2 amide bonds. The van der Waals surface area contributed by atoms with E-state index in [-0.39, 0.29) is 16.9 Å². The Hall–Kier alpha value is -2.24. The minimum atomic E-state index is -0.748. The van der Waals surface area contributed by atoms with Gasteiger partial charge in [0.2, 0.25) is 5.91 Å². The molecule has 4 nitrogen and oxygen atoms in total. The van der Waals surface area contributed by atoms with E-state index < -0.39 is 17.5 Å². The summed E-state index contributed by atoms with van der Waals surface area (Å²) in [5.41, 5.74) is 0.332. The third-order valence-electron chi connectivity index (χ3n) is 5.05. The van der Waals surface area contributed by atoms with Crippen LogP contribution in [0.3, 0.4) is 0 Å². The molecule has 1 heterocycles. The lowest BCUT2D eigenvalue weighted by atomic mass is 9.70. The first-order valence-corrected chi connectivity index (χ1v) is 8.13. The van der Waals surface area contributed by atoms with Gasteiger partial charge in [0.05, 0.1) is 5.56 Å². The number of nitrogens with zero attached hydrogens (tertiary/aromatic N) is 1. The van der Waals surface area contributed by atoms with Gasteiger partial charge in [-0.25, -0.2) is 8.78 Å². The van der Waals surface area contributed by atoms with Crippen molar-refractivity contribution in [3.05, 3.63) is 47.2 Å². The Balaban J connectivity index is 1.78. The van der Waals surface area contributed by atoms with Crippen molar-refractivity contribution >= 4 is 11.8 Å². The fraction of sp³-hybridized carbons (Fsp3) is 0.444. The number of benzene rings is 1. The molecule has 1 fully saturated rings. The first-order chi connectivity index (χ1) is 11.4. The van der Waals surface area contributed by atoms with Crippen molar-refractivity contribution in [1.82, 2.24) is 10.2 Å². The zero-order valence-corrected chi connectivity index (χ0v) is 13.6. The van der Waals surface area contributed by atoms with E-state index in [1.807, 2.05) is 0 Å². The molecule has 2 aliphatic rings. The standard InChI is InChI=1S/C18H20F2N2O2/c1-22-15-4-2-3-8-18(15,9-7-16(22)23)11-21-17(24)13-10-12(19)5-6-14(13)20/h4-6,10H,2-3,7-9,11H2,1H3,(H,21,24). The Morgan fingerprint density at radius 3 is 2.92 bits per heavy atom. The Kier molecular flexibility index (Phi) is 4.39. The molecular formula is C18H20F2N2O2. The molecule has 1 aliphatic carbocycles. The van der Waals surface area contributed by atoms with Crippen LogP contribution in [0, 0.1) is 17.0 Å². The van der Waals surface area contributed by atoms with Gasteiger partial charge in [-0.2, -0.15) is 0 Å². The number of carbonyl (C=O) groups is 2. The lowest BCUT2D eigenvalue weighted by Gasteiger charge is -2.46. The maximum atomic E-state index is 13.7. The first-order valence-electron chi connectivity index (χ1n) is 8.13. The lowest BCUT2D eigenvalue weighted by Crippen LogP contribution is -2.49. The molecule has 0 saturated carbocycles. The SMILES string of the molecule is CN1C(=O)CCC2(CNC(=O)c3cc(F)ccc3F)CCCC=C12. The van der Waals surface area contributed by atoms with E-state index in [2.05, 4.69) is 11.4 Å². The van der Waals surface area contributed by atoms with Gasteiger partial charge in [0.15, 0.2) is 0 Å². The molecule has 0 spiro atoms. The number of hydrogen-bond donors (Lipinski definition) is 1. The molecule has 24 heavy (non-hydrogen) atoms. The highest BCUT2D eigenvalue weighted by molar-refractivity contribution is 5.94. The van der Waals surface area contributed by atoms with Crippen molar-refractivity contribution in [1.29, 1.82) is 0 Å². The molecular weight excluding hydrogens is 314 g/mol. The fourth-order valence-corrected chi connectivity index (χ4v) is 3.70. The summed E-state index contributed by atoms with van der Waals surface area (Å²) in [5, 5.41) is 2.74. The molecule has 1 aliphatic heterocycles. The maximum absolute atomic E-state index is 13.7. The van der Waals surface area contributed by atoms with Crippen LogP contribution >= 0.6 is 0 Å². The van der Waals surface area contributed by atoms with E-state index in [1.54, 1.807) is 11.9 Å². The van der Waals surface area contributed by atoms with Crippen LogP contribution in [-0.4, -0.2) is 30.3 Å². The van der Waals surface area contributed by atoms with Crippen LogP contribution in [0.25, 0.3) is 0 Å². The van der Waals surface area contributed by atoms with Gasteiger partial charge in [-0.1, -0.05) is 6.08 Å². The monoisotopic (exact) mass is 334 g/mol. The van der Waals surface area contributed by atoms with E-state index in [0.717, 1.165) is 43.2 Å². The Labute approximate surface area is 139 Å². The van der Waals surface area contributed by atoms with Crippen molar-refractivity contribution in [3.63, 3.8) is 0 Å². The van der Waals surface area contributed by atoms with Crippen molar-refractivity contribution in [2.24, 2.45) is 5.41 Å². The quantitative estimate of drug-likeness (QED) is 0.924. The van der Waals surface area contributed by atoms with Crippen LogP contribution in [0.2, 0.25) is 0 Å². The summed E-state index contributed by atoms with van der Waals surface area (Å²) >= 11 is 0. The molecule has 0 aromatic heterocycles. The van der Waals surface area contributed by atoms with Crippen molar-refractivity contribution < 1.29 is 18.4 Å².